The van der Waals surface area contributed by atoms with Gasteiger partial charge >= 0.3 is 18.1 Å². The minimum atomic E-state index is -1.59. The molecule has 1 saturated heterocycles. The number of urea groups is 1. The first-order valence-electron chi connectivity index (χ1n) is 16.2. The number of hydrogen-bond acceptors (Lipinski definition) is 7. The third-order valence-electron chi connectivity index (χ3n) is 10.9. The van der Waals surface area contributed by atoms with Gasteiger partial charge in [0.1, 0.15) is 5.54 Å². The van der Waals surface area contributed by atoms with Gasteiger partial charge in [-0.05, 0) is 79.9 Å². The Hall–Kier alpha value is -4.45. The SMILES string of the molecule is COC(=O)N(C(CN(C(C)=O)N1C(=O)N(Cc2ccccc2)C(C)(c2ccc(CO)cc2)C1=O)C(=O)O)C12CC3CC(CC(C3)C1)C2. The molecule has 4 bridgehead atoms. The summed E-state index contributed by atoms with van der Waals surface area (Å²) in [7, 11) is 1.21. The molecule has 2 aromatic carbocycles. The second-order valence-electron chi connectivity index (χ2n) is 13.8. The molecule has 2 N–H and O–H groups in total. The largest absolute Gasteiger partial charge is 0.480 e. The second-order valence-corrected chi connectivity index (χ2v) is 13.8. The van der Waals surface area contributed by atoms with E-state index < -0.39 is 53.6 Å². The van der Waals surface area contributed by atoms with Gasteiger partial charge in [-0.2, -0.15) is 5.01 Å². The molecule has 2 atom stereocenters. The first-order valence-corrected chi connectivity index (χ1v) is 16.2. The fourth-order valence-corrected chi connectivity index (χ4v) is 9.03. The number of aliphatic hydroxyl groups is 1. The maximum atomic E-state index is 14.5. The maximum Gasteiger partial charge on any atom is 0.410 e. The van der Waals surface area contributed by atoms with Crippen molar-refractivity contribution in [2.45, 2.75) is 82.6 Å². The van der Waals surface area contributed by atoms with E-state index in [-0.39, 0.29) is 13.2 Å². The number of methoxy groups -OCH3 is 1. The first kappa shape index (κ1) is 32.5. The molecule has 0 radical (unpaired) electrons. The number of nitrogens with zero attached hydrogens (tertiary/aromatic N) is 4. The number of amides is 5. The average Bonchev–Trinajstić information content (AvgIpc) is 3.22. The number of ether oxygens (including phenoxy) is 1. The van der Waals surface area contributed by atoms with Crippen LogP contribution >= 0.6 is 0 Å². The van der Waals surface area contributed by atoms with Crippen LogP contribution in [0.3, 0.4) is 0 Å². The van der Waals surface area contributed by atoms with Crippen molar-refractivity contribution in [2.24, 2.45) is 17.8 Å². The highest BCUT2D eigenvalue weighted by molar-refractivity contribution is 6.08. The number of aliphatic hydroxyl groups excluding tert-OH is 1. The number of carbonyl (C=O) groups excluding carboxylic acids is 4. The molecular weight excluding hydrogens is 604 g/mol. The number of hydrogen-bond donors (Lipinski definition) is 2. The van der Waals surface area contributed by atoms with Gasteiger partial charge in [0.15, 0.2) is 6.04 Å². The number of benzene rings is 2. The van der Waals surface area contributed by atoms with E-state index >= 15 is 0 Å². The molecule has 12 heteroatoms. The molecule has 1 heterocycles. The summed E-state index contributed by atoms with van der Waals surface area (Å²) < 4.78 is 5.18. The molecule has 2 unspecified atom stereocenters. The third kappa shape index (κ3) is 5.52. The number of carboxylic acid groups (broad SMARTS) is 1. The van der Waals surface area contributed by atoms with E-state index in [0.29, 0.717) is 48.1 Å². The van der Waals surface area contributed by atoms with E-state index in [1.807, 2.05) is 30.3 Å². The zero-order valence-corrected chi connectivity index (χ0v) is 27.0. The Kier molecular flexibility index (Phi) is 8.50. The predicted octanol–water partition coefficient (Wildman–Crippen LogP) is 4.11. The van der Waals surface area contributed by atoms with Crippen LogP contribution in [0.2, 0.25) is 0 Å². The molecule has 4 aliphatic carbocycles. The molecule has 0 aromatic heterocycles. The van der Waals surface area contributed by atoms with Gasteiger partial charge in [0.05, 0.1) is 20.3 Å². The summed E-state index contributed by atoms with van der Waals surface area (Å²) in [5.41, 5.74) is -0.535. The lowest BCUT2D eigenvalue weighted by Gasteiger charge is -2.60. The summed E-state index contributed by atoms with van der Waals surface area (Å²) in [4.78, 5) is 71.6. The van der Waals surface area contributed by atoms with Crippen LogP contribution in [-0.2, 0) is 37.8 Å². The van der Waals surface area contributed by atoms with Crippen LogP contribution in [0.25, 0.3) is 0 Å². The fourth-order valence-electron chi connectivity index (χ4n) is 9.03. The van der Waals surface area contributed by atoms with Gasteiger partial charge in [-0.1, -0.05) is 54.6 Å². The summed E-state index contributed by atoms with van der Waals surface area (Å²) in [6, 6.07) is 13.3. The Morgan fingerprint density at radius 3 is 2.00 bits per heavy atom. The number of rotatable bonds is 10. The fraction of sp³-hybridized carbons (Fsp3) is 0.514. The molecule has 0 spiro atoms. The first-order chi connectivity index (χ1) is 22.4. The van der Waals surface area contributed by atoms with E-state index in [2.05, 4.69) is 0 Å². The Bertz CT molecular complexity index is 1530. The van der Waals surface area contributed by atoms with Crippen molar-refractivity contribution in [3.63, 3.8) is 0 Å². The molecule has 47 heavy (non-hydrogen) atoms. The molecular formula is C35H42N4O8. The van der Waals surface area contributed by atoms with E-state index in [4.69, 9.17) is 4.74 Å². The van der Waals surface area contributed by atoms with Gasteiger partial charge in [0, 0.05) is 19.0 Å². The van der Waals surface area contributed by atoms with E-state index in [1.165, 1.54) is 23.8 Å². The minimum absolute atomic E-state index is 0.0236. The highest BCUT2D eigenvalue weighted by Crippen LogP contribution is 2.58. The summed E-state index contributed by atoms with van der Waals surface area (Å²) >= 11 is 0. The van der Waals surface area contributed by atoms with Crippen molar-refractivity contribution in [1.29, 1.82) is 0 Å². The topological polar surface area (TPSA) is 148 Å². The normalized spacial score (nSPS) is 28.4. The Morgan fingerprint density at radius 1 is 0.936 bits per heavy atom. The molecule has 5 fully saturated rings. The number of hydrazine groups is 1. The molecule has 4 saturated carbocycles. The lowest BCUT2D eigenvalue weighted by molar-refractivity contribution is -0.165. The van der Waals surface area contributed by atoms with Crippen molar-refractivity contribution in [3.05, 3.63) is 71.3 Å². The molecule has 5 amide bonds. The Labute approximate surface area is 273 Å². The van der Waals surface area contributed by atoms with Crippen LogP contribution in [0.4, 0.5) is 9.59 Å². The summed E-state index contributed by atoms with van der Waals surface area (Å²) in [5.74, 6) is -1.71. The van der Waals surface area contributed by atoms with Gasteiger partial charge in [-0.15, -0.1) is 0 Å². The smallest absolute Gasteiger partial charge is 0.410 e. The average molecular weight is 647 g/mol. The molecule has 5 aliphatic rings. The van der Waals surface area contributed by atoms with Gasteiger partial charge in [0.2, 0.25) is 5.91 Å². The summed E-state index contributed by atoms with van der Waals surface area (Å²) in [6.07, 6.45) is 4.29. The number of imide groups is 1. The Morgan fingerprint density at radius 2 is 1.51 bits per heavy atom. The number of carbonyl (C=O) groups is 5. The van der Waals surface area contributed by atoms with Gasteiger partial charge < -0.3 is 14.9 Å². The zero-order chi connectivity index (χ0) is 33.7. The van der Waals surface area contributed by atoms with Gasteiger partial charge in [0.25, 0.3) is 5.91 Å². The van der Waals surface area contributed by atoms with Crippen LogP contribution in [0.15, 0.2) is 54.6 Å². The molecule has 1 aliphatic heterocycles. The predicted molar refractivity (Wildman–Crippen MR) is 168 cm³/mol. The van der Waals surface area contributed by atoms with Gasteiger partial charge in [-0.3, -0.25) is 19.4 Å². The molecule has 7 rings (SSSR count). The highest BCUT2D eigenvalue weighted by atomic mass is 16.5. The number of aliphatic carboxylic acids is 1. The lowest BCUT2D eigenvalue weighted by Crippen LogP contribution is -2.68. The summed E-state index contributed by atoms with van der Waals surface area (Å²) in [6.45, 7) is 1.94. The Balaban J connectivity index is 1.39. The molecule has 250 valence electrons. The van der Waals surface area contributed by atoms with Crippen molar-refractivity contribution in [1.82, 2.24) is 19.8 Å². The van der Waals surface area contributed by atoms with E-state index in [1.54, 1.807) is 31.2 Å². The van der Waals surface area contributed by atoms with Gasteiger partial charge in [-0.25, -0.2) is 19.4 Å². The zero-order valence-electron chi connectivity index (χ0n) is 27.0. The summed E-state index contributed by atoms with van der Waals surface area (Å²) in [5, 5.41) is 21.9. The standard InChI is InChI=1S/C35H42N4O8/c1-22(41)37(20-29(30(42)43)38(33(46)47-3)35-16-25-13-26(17-35)15-27(14-25)18-35)39-31(44)34(2,28-11-9-24(21-40)10-12-28)36(32(39)45)19-23-7-5-4-6-8-23/h4-12,25-27,29,40H,13-21H2,1-3H3,(H,42,43). The number of carboxylic acids is 1. The van der Waals surface area contributed by atoms with Crippen LogP contribution in [0.5, 0.6) is 0 Å². The van der Waals surface area contributed by atoms with Crippen molar-refractivity contribution < 1.29 is 38.9 Å². The van der Waals surface area contributed by atoms with Crippen molar-refractivity contribution in [3.8, 4) is 0 Å². The second kappa shape index (κ2) is 12.3. The highest BCUT2D eigenvalue weighted by Gasteiger charge is 2.60. The third-order valence-corrected chi connectivity index (χ3v) is 10.9. The van der Waals surface area contributed by atoms with Crippen LogP contribution in [0.1, 0.15) is 69.1 Å². The van der Waals surface area contributed by atoms with E-state index in [0.717, 1.165) is 34.8 Å². The van der Waals surface area contributed by atoms with Crippen molar-refractivity contribution in [2.75, 3.05) is 13.7 Å². The van der Waals surface area contributed by atoms with Crippen LogP contribution in [-0.4, -0.2) is 85.2 Å². The molecule has 2 aromatic rings. The minimum Gasteiger partial charge on any atom is -0.480 e. The molecule has 12 nitrogen and oxygen atoms in total. The van der Waals surface area contributed by atoms with Crippen LogP contribution < -0.4 is 0 Å². The monoisotopic (exact) mass is 646 g/mol. The van der Waals surface area contributed by atoms with Crippen LogP contribution in [0, 0.1) is 17.8 Å². The van der Waals surface area contributed by atoms with E-state index in [9.17, 15) is 34.2 Å². The van der Waals surface area contributed by atoms with Crippen molar-refractivity contribution >= 4 is 29.9 Å². The quantitative estimate of drug-likeness (QED) is 0.367. The lowest BCUT2D eigenvalue weighted by atomic mass is 9.52. The maximum absolute atomic E-state index is 14.5.